The van der Waals surface area contributed by atoms with Crippen molar-refractivity contribution in [3.63, 3.8) is 0 Å². The number of benzene rings is 1. The van der Waals surface area contributed by atoms with Crippen molar-refractivity contribution in [3.05, 3.63) is 29.6 Å². The lowest BCUT2D eigenvalue weighted by Gasteiger charge is -2.15. The number of rotatable bonds is 8. The van der Waals surface area contributed by atoms with Crippen LogP contribution in [-0.2, 0) is 4.79 Å². The number of hydrogen-bond donors (Lipinski definition) is 2. The number of hydrogen-bond acceptors (Lipinski definition) is 2. The first-order valence-electron chi connectivity index (χ1n) is 7.32. The largest absolute Gasteiger partial charge is 0.330 e. The van der Waals surface area contributed by atoms with Gasteiger partial charge in [0.25, 0.3) is 0 Å². The Kier molecular flexibility index (Phi) is 7.23. The molecular formula is C16H25FN2O. The molecule has 0 saturated heterocycles. The molecule has 20 heavy (non-hydrogen) atoms. The second-order valence-electron chi connectivity index (χ2n) is 5.28. The third kappa shape index (κ3) is 5.70. The molecule has 0 fully saturated rings. The molecule has 3 N–H and O–H groups in total. The lowest BCUT2D eigenvalue weighted by molar-refractivity contribution is -0.116. The van der Waals surface area contributed by atoms with Crippen LogP contribution in [0.5, 0.6) is 0 Å². The lowest BCUT2D eigenvalue weighted by atomic mass is 9.94. The zero-order chi connectivity index (χ0) is 15.0. The van der Waals surface area contributed by atoms with Gasteiger partial charge in [0.05, 0.1) is 0 Å². The minimum Gasteiger partial charge on any atom is -0.330 e. The van der Waals surface area contributed by atoms with E-state index in [9.17, 15) is 9.18 Å². The Balaban J connectivity index is 2.48. The van der Waals surface area contributed by atoms with Gasteiger partial charge in [-0.25, -0.2) is 4.39 Å². The molecule has 1 rings (SSSR count). The Morgan fingerprint density at radius 3 is 2.75 bits per heavy atom. The van der Waals surface area contributed by atoms with Crippen molar-refractivity contribution >= 4 is 11.6 Å². The molecule has 4 heteroatoms. The van der Waals surface area contributed by atoms with Gasteiger partial charge in [0.1, 0.15) is 5.82 Å². The Morgan fingerprint density at radius 1 is 1.35 bits per heavy atom. The molecule has 0 aliphatic rings. The maximum absolute atomic E-state index is 13.1. The van der Waals surface area contributed by atoms with E-state index >= 15 is 0 Å². The van der Waals surface area contributed by atoms with Crippen LogP contribution in [-0.4, -0.2) is 12.5 Å². The first-order chi connectivity index (χ1) is 9.56. The van der Waals surface area contributed by atoms with Crippen molar-refractivity contribution in [2.24, 2.45) is 11.7 Å². The molecule has 1 amide bonds. The van der Waals surface area contributed by atoms with Crippen LogP contribution in [0.15, 0.2) is 18.2 Å². The van der Waals surface area contributed by atoms with Gasteiger partial charge in [-0.1, -0.05) is 25.8 Å². The highest BCUT2D eigenvalue weighted by molar-refractivity contribution is 5.91. The van der Waals surface area contributed by atoms with E-state index < -0.39 is 0 Å². The van der Waals surface area contributed by atoms with E-state index in [1.165, 1.54) is 12.1 Å². The van der Waals surface area contributed by atoms with Gasteiger partial charge in [-0.15, -0.1) is 0 Å². The Labute approximate surface area is 120 Å². The number of nitrogens with two attached hydrogens (primary N) is 1. The van der Waals surface area contributed by atoms with Crippen LogP contribution >= 0.6 is 0 Å². The minimum atomic E-state index is -0.335. The molecule has 0 aromatic heterocycles. The molecule has 1 unspecified atom stereocenters. The molecular weight excluding hydrogens is 255 g/mol. The standard InChI is InChI=1S/C16H25FN2O/c1-3-4-13(9-10-18)6-8-16(20)19-15-11-14(17)7-5-12(15)2/h5,7,11,13H,3-4,6,8-10,18H2,1-2H3,(H,19,20). The summed E-state index contributed by atoms with van der Waals surface area (Å²) in [5, 5.41) is 2.78. The van der Waals surface area contributed by atoms with Gasteiger partial charge in [-0.05, 0) is 49.9 Å². The van der Waals surface area contributed by atoms with E-state index in [1.807, 2.05) is 6.92 Å². The summed E-state index contributed by atoms with van der Waals surface area (Å²) in [5.41, 5.74) is 7.01. The maximum atomic E-state index is 13.1. The van der Waals surface area contributed by atoms with Gasteiger partial charge in [0.15, 0.2) is 0 Å². The van der Waals surface area contributed by atoms with E-state index in [4.69, 9.17) is 5.73 Å². The van der Waals surface area contributed by atoms with Crippen molar-refractivity contribution in [2.75, 3.05) is 11.9 Å². The van der Waals surface area contributed by atoms with Crippen LogP contribution in [0, 0.1) is 18.7 Å². The molecule has 1 atom stereocenters. The zero-order valence-electron chi connectivity index (χ0n) is 12.4. The van der Waals surface area contributed by atoms with Crippen molar-refractivity contribution < 1.29 is 9.18 Å². The van der Waals surface area contributed by atoms with E-state index in [-0.39, 0.29) is 11.7 Å². The molecule has 0 aliphatic heterocycles. The zero-order valence-corrected chi connectivity index (χ0v) is 12.4. The summed E-state index contributed by atoms with van der Waals surface area (Å²) in [6, 6.07) is 4.42. The van der Waals surface area contributed by atoms with Gasteiger partial charge in [-0.2, -0.15) is 0 Å². The molecule has 1 aromatic rings. The van der Waals surface area contributed by atoms with E-state index in [0.717, 1.165) is 31.2 Å². The summed E-state index contributed by atoms with van der Waals surface area (Å²) in [5.74, 6) is 0.110. The van der Waals surface area contributed by atoms with Crippen molar-refractivity contribution in [2.45, 2.75) is 46.0 Å². The van der Waals surface area contributed by atoms with Crippen molar-refractivity contribution in [1.82, 2.24) is 0 Å². The average molecular weight is 280 g/mol. The highest BCUT2D eigenvalue weighted by atomic mass is 19.1. The highest BCUT2D eigenvalue weighted by Gasteiger charge is 2.11. The second-order valence-corrected chi connectivity index (χ2v) is 5.28. The van der Waals surface area contributed by atoms with Crippen LogP contribution < -0.4 is 11.1 Å². The predicted octanol–water partition coefficient (Wildman–Crippen LogP) is 3.62. The van der Waals surface area contributed by atoms with Crippen LogP contribution in [0.25, 0.3) is 0 Å². The number of nitrogens with one attached hydrogen (secondary N) is 1. The number of amides is 1. The normalized spacial score (nSPS) is 12.2. The molecule has 0 spiro atoms. The molecule has 0 radical (unpaired) electrons. The molecule has 0 aliphatic carbocycles. The van der Waals surface area contributed by atoms with E-state index in [0.29, 0.717) is 24.6 Å². The van der Waals surface area contributed by atoms with Crippen molar-refractivity contribution in [3.8, 4) is 0 Å². The van der Waals surface area contributed by atoms with Crippen LogP contribution in [0.3, 0.4) is 0 Å². The molecule has 112 valence electrons. The summed E-state index contributed by atoms with van der Waals surface area (Å²) < 4.78 is 13.1. The lowest BCUT2D eigenvalue weighted by Crippen LogP contribution is -2.16. The fourth-order valence-electron chi connectivity index (χ4n) is 2.35. The monoisotopic (exact) mass is 280 g/mol. The average Bonchev–Trinajstić information content (AvgIpc) is 2.41. The van der Waals surface area contributed by atoms with Gasteiger partial charge >= 0.3 is 0 Å². The summed E-state index contributed by atoms with van der Waals surface area (Å²) in [6.45, 7) is 4.65. The predicted molar refractivity (Wildman–Crippen MR) is 81.1 cm³/mol. The van der Waals surface area contributed by atoms with Gasteiger partial charge < -0.3 is 11.1 Å². The van der Waals surface area contributed by atoms with E-state index in [2.05, 4.69) is 12.2 Å². The number of carbonyl (C=O) groups excluding carboxylic acids is 1. The van der Waals surface area contributed by atoms with Crippen LogP contribution in [0.2, 0.25) is 0 Å². The second kappa shape index (κ2) is 8.69. The number of anilines is 1. The maximum Gasteiger partial charge on any atom is 0.224 e. The first-order valence-corrected chi connectivity index (χ1v) is 7.32. The number of aryl methyl sites for hydroxylation is 1. The topological polar surface area (TPSA) is 55.1 Å². The Hall–Kier alpha value is -1.42. The fourth-order valence-corrected chi connectivity index (χ4v) is 2.35. The molecule has 0 bridgehead atoms. The third-order valence-electron chi connectivity index (χ3n) is 3.53. The molecule has 0 heterocycles. The quantitative estimate of drug-likeness (QED) is 0.764. The molecule has 1 aromatic carbocycles. The van der Waals surface area contributed by atoms with Crippen LogP contribution in [0.4, 0.5) is 10.1 Å². The number of halogens is 1. The smallest absolute Gasteiger partial charge is 0.224 e. The minimum absolute atomic E-state index is 0.0585. The summed E-state index contributed by atoms with van der Waals surface area (Å²) in [7, 11) is 0. The Morgan fingerprint density at radius 2 is 2.10 bits per heavy atom. The summed E-state index contributed by atoms with van der Waals surface area (Å²) in [6.07, 6.45) is 4.46. The van der Waals surface area contributed by atoms with E-state index in [1.54, 1.807) is 6.07 Å². The van der Waals surface area contributed by atoms with Gasteiger partial charge in [0.2, 0.25) is 5.91 Å². The Bertz CT molecular complexity index is 428. The molecule has 3 nitrogen and oxygen atoms in total. The molecule has 0 saturated carbocycles. The summed E-state index contributed by atoms with van der Waals surface area (Å²) >= 11 is 0. The fraction of sp³-hybridized carbons (Fsp3) is 0.562. The third-order valence-corrected chi connectivity index (χ3v) is 3.53. The van der Waals surface area contributed by atoms with Gasteiger partial charge in [-0.3, -0.25) is 4.79 Å². The summed E-state index contributed by atoms with van der Waals surface area (Å²) in [4.78, 5) is 11.9. The van der Waals surface area contributed by atoms with Crippen molar-refractivity contribution in [1.29, 1.82) is 0 Å². The number of carbonyl (C=O) groups is 1. The first kappa shape index (κ1) is 16.6. The SMILES string of the molecule is CCCC(CCN)CCC(=O)Nc1cc(F)ccc1C. The highest BCUT2D eigenvalue weighted by Crippen LogP contribution is 2.19. The van der Waals surface area contributed by atoms with Gasteiger partial charge in [0, 0.05) is 12.1 Å². The van der Waals surface area contributed by atoms with Crippen LogP contribution in [0.1, 0.15) is 44.6 Å².